The summed E-state index contributed by atoms with van der Waals surface area (Å²) >= 11 is 0. The van der Waals surface area contributed by atoms with Gasteiger partial charge in [0.15, 0.2) is 5.96 Å². The number of nitrogens with one attached hydrogen (secondary N) is 1. The number of aliphatic imine (C=N–C) groups is 1. The van der Waals surface area contributed by atoms with Crippen molar-refractivity contribution in [1.82, 2.24) is 15.1 Å². The van der Waals surface area contributed by atoms with Gasteiger partial charge in [-0.15, -0.1) is 0 Å². The molecule has 1 aromatic heterocycles. The van der Waals surface area contributed by atoms with Crippen molar-refractivity contribution >= 4 is 5.96 Å². The third-order valence-corrected chi connectivity index (χ3v) is 3.22. The number of hydrogen-bond acceptors (Lipinski definition) is 2. The van der Waals surface area contributed by atoms with Gasteiger partial charge in [-0.3, -0.25) is 9.67 Å². The third-order valence-electron chi connectivity index (χ3n) is 3.22. The van der Waals surface area contributed by atoms with Crippen LogP contribution >= 0.6 is 0 Å². The van der Waals surface area contributed by atoms with Crippen molar-refractivity contribution in [3.63, 3.8) is 0 Å². The van der Waals surface area contributed by atoms with Crippen molar-refractivity contribution in [3.8, 4) is 0 Å². The molecule has 0 atom stereocenters. The van der Waals surface area contributed by atoms with Crippen molar-refractivity contribution in [2.45, 2.75) is 58.4 Å². The van der Waals surface area contributed by atoms with Crippen LogP contribution < -0.4 is 11.1 Å². The molecular formula is C15H29N5. The first-order chi connectivity index (χ1) is 9.83. The standard InChI is InChI=1S/C15H29N5/c1-2-3-4-5-6-7-10-17-15(16)18-11-8-13-20-14-9-12-19-20/h9,12,14H,2-8,10-11,13H2,1H3,(H3,16,17,18). The van der Waals surface area contributed by atoms with Crippen LogP contribution in [0.1, 0.15) is 51.9 Å². The second-order valence-electron chi connectivity index (χ2n) is 5.08. The number of nitrogens with zero attached hydrogens (tertiary/aromatic N) is 3. The number of nitrogens with two attached hydrogens (primary N) is 1. The summed E-state index contributed by atoms with van der Waals surface area (Å²) in [5, 5.41) is 7.32. The normalized spacial score (nSPS) is 11.8. The molecule has 20 heavy (non-hydrogen) atoms. The van der Waals surface area contributed by atoms with E-state index in [0.29, 0.717) is 5.96 Å². The lowest BCUT2D eigenvalue weighted by Gasteiger charge is -2.05. The zero-order valence-electron chi connectivity index (χ0n) is 12.7. The Bertz CT molecular complexity index is 345. The topological polar surface area (TPSA) is 68.2 Å². The SMILES string of the molecule is CCCCCCCCNC(N)=NCCCn1cccn1. The molecule has 1 heterocycles. The Morgan fingerprint density at radius 3 is 2.75 bits per heavy atom. The maximum atomic E-state index is 5.81. The first-order valence-corrected chi connectivity index (χ1v) is 7.84. The number of guanidine groups is 1. The predicted molar refractivity (Wildman–Crippen MR) is 84.7 cm³/mol. The van der Waals surface area contributed by atoms with E-state index in [9.17, 15) is 0 Å². The second kappa shape index (κ2) is 11.3. The van der Waals surface area contributed by atoms with Crippen molar-refractivity contribution in [3.05, 3.63) is 18.5 Å². The van der Waals surface area contributed by atoms with Crippen LogP contribution in [-0.2, 0) is 6.54 Å². The van der Waals surface area contributed by atoms with Gasteiger partial charge in [0.05, 0.1) is 0 Å². The molecule has 0 amide bonds. The summed E-state index contributed by atoms with van der Waals surface area (Å²) in [7, 11) is 0. The van der Waals surface area contributed by atoms with Crippen LogP contribution in [0, 0.1) is 0 Å². The molecule has 0 saturated heterocycles. The van der Waals surface area contributed by atoms with Crippen LogP contribution in [0.4, 0.5) is 0 Å². The molecule has 0 unspecified atom stereocenters. The molecule has 0 aliphatic rings. The fourth-order valence-electron chi connectivity index (χ4n) is 2.04. The van der Waals surface area contributed by atoms with Crippen molar-refractivity contribution in [1.29, 1.82) is 0 Å². The molecule has 0 spiro atoms. The van der Waals surface area contributed by atoms with Crippen LogP contribution in [0.15, 0.2) is 23.5 Å². The Labute approximate surface area is 122 Å². The minimum absolute atomic E-state index is 0.569. The van der Waals surface area contributed by atoms with Crippen LogP contribution in [0.3, 0.4) is 0 Å². The quantitative estimate of drug-likeness (QED) is 0.371. The monoisotopic (exact) mass is 279 g/mol. The largest absolute Gasteiger partial charge is 0.370 e. The Morgan fingerprint density at radius 1 is 1.20 bits per heavy atom. The highest BCUT2D eigenvalue weighted by Crippen LogP contribution is 2.03. The summed E-state index contributed by atoms with van der Waals surface area (Å²) in [5.41, 5.74) is 5.81. The van der Waals surface area contributed by atoms with Gasteiger partial charge < -0.3 is 11.1 Å². The average molecular weight is 279 g/mol. The zero-order chi connectivity index (χ0) is 14.5. The molecule has 114 valence electrons. The van der Waals surface area contributed by atoms with Gasteiger partial charge in [-0.25, -0.2) is 0 Å². The minimum atomic E-state index is 0.569. The summed E-state index contributed by atoms with van der Waals surface area (Å²) in [6.45, 7) is 4.81. The molecule has 1 rings (SSSR count). The van der Waals surface area contributed by atoms with E-state index in [1.54, 1.807) is 6.20 Å². The molecule has 0 radical (unpaired) electrons. The first-order valence-electron chi connectivity index (χ1n) is 7.84. The smallest absolute Gasteiger partial charge is 0.188 e. The van der Waals surface area contributed by atoms with Crippen molar-refractivity contribution < 1.29 is 0 Å². The summed E-state index contributed by atoms with van der Waals surface area (Å²) in [6, 6.07) is 1.93. The van der Waals surface area contributed by atoms with Gasteiger partial charge in [-0.2, -0.15) is 5.10 Å². The van der Waals surface area contributed by atoms with E-state index < -0.39 is 0 Å². The molecule has 5 heteroatoms. The highest BCUT2D eigenvalue weighted by molar-refractivity contribution is 5.77. The molecule has 5 nitrogen and oxygen atoms in total. The average Bonchev–Trinajstić information content (AvgIpc) is 2.96. The highest BCUT2D eigenvalue weighted by Gasteiger charge is 1.94. The van der Waals surface area contributed by atoms with E-state index in [1.165, 1.54) is 38.5 Å². The van der Waals surface area contributed by atoms with Crippen molar-refractivity contribution in [2.75, 3.05) is 13.1 Å². The third kappa shape index (κ3) is 8.56. The lowest BCUT2D eigenvalue weighted by Crippen LogP contribution is -2.32. The van der Waals surface area contributed by atoms with E-state index >= 15 is 0 Å². The molecule has 0 fully saturated rings. The van der Waals surface area contributed by atoms with E-state index in [0.717, 1.165) is 26.1 Å². The molecule has 0 saturated carbocycles. The molecule has 3 N–H and O–H groups in total. The van der Waals surface area contributed by atoms with E-state index in [-0.39, 0.29) is 0 Å². The summed E-state index contributed by atoms with van der Waals surface area (Å²) in [6.07, 6.45) is 12.5. The number of rotatable bonds is 11. The Balaban J connectivity index is 1.93. The maximum absolute atomic E-state index is 5.81. The lowest BCUT2D eigenvalue weighted by molar-refractivity contribution is 0.583. The molecule has 0 aromatic carbocycles. The molecule has 0 aliphatic carbocycles. The number of aryl methyl sites for hydroxylation is 1. The Hall–Kier alpha value is -1.52. The van der Waals surface area contributed by atoms with Gasteiger partial charge in [0.1, 0.15) is 0 Å². The van der Waals surface area contributed by atoms with Crippen LogP contribution in [0.25, 0.3) is 0 Å². The maximum Gasteiger partial charge on any atom is 0.188 e. The van der Waals surface area contributed by atoms with E-state index in [4.69, 9.17) is 5.73 Å². The number of aromatic nitrogens is 2. The van der Waals surface area contributed by atoms with Gasteiger partial charge in [0, 0.05) is 32.0 Å². The van der Waals surface area contributed by atoms with Crippen LogP contribution in [-0.4, -0.2) is 28.8 Å². The summed E-state index contributed by atoms with van der Waals surface area (Å²) in [4.78, 5) is 4.31. The second-order valence-corrected chi connectivity index (χ2v) is 5.08. The predicted octanol–water partition coefficient (Wildman–Crippen LogP) is 2.54. The molecule has 1 aromatic rings. The van der Waals surface area contributed by atoms with Crippen LogP contribution in [0.2, 0.25) is 0 Å². The van der Waals surface area contributed by atoms with E-state index in [1.807, 2.05) is 16.9 Å². The molecule has 0 bridgehead atoms. The number of unbranched alkanes of at least 4 members (excludes halogenated alkanes) is 5. The van der Waals surface area contributed by atoms with Gasteiger partial charge in [-0.1, -0.05) is 39.0 Å². The van der Waals surface area contributed by atoms with E-state index in [2.05, 4.69) is 22.3 Å². The summed E-state index contributed by atoms with van der Waals surface area (Å²) in [5.74, 6) is 0.569. The van der Waals surface area contributed by atoms with Crippen molar-refractivity contribution in [2.24, 2.45) is 10.7 Å². The lowest BCUT2D eigenvalue weighted by atomic mass is 10.1. The zero-order valence-corrected chi connectivity index (χ0v) is 12.7. The molecule has 0 aliphatic heterocycles. The van der Waals surface area contributed by atoms with Gasteiger partial charge in [0.2, 0.25) is 0 Å². The number of hydrogen-bond donors (Lipinski definition) is 2. The Kier molecular flexibility index (Phi) is 9.36. The van der Waals surface area contributed by atoms with Gasteiger partial charge >= 0.3 is 0 Å². The van der Waals surface area contributed by atoms with Crippen LogP contribution in [0.5, 0.6) is 0 Å². The molecular weight excluding hydrogens is 250 g/mol. The van der Waals surface area contributed by atoms with Gasteiger partial charge in [0.25, 0.3) is 0 Å². The fourth-order valence-corrected chi connectivity index (χ4v) is 2.04. The Morgan fingerprint density at radius 2 is 2.00 bits per heavy atom. The fraction of sp³-hybridized carbons (Fsp3) is 0.733. The highest BCUT2D eigenvalue weighted by atomic mass is 15.3. The summed E-state index contributed by atoms with van der Waals surface area (Å²) < 4.78 is 1.91. The first kappa shape index (κ1) is 16.5. The van der Waals surface area contributed by atoms with Gasteiger partial charge in [-0.05, 0) is 18.9 Å². The minimum Gasteiger partial charge on any atom is -0.370 e.